The molecule has 4 aromatic rings. The molecule has 35 heavy (non-hydrogen) atoms. The molecule has 1 aliphatic rings. The van der Waals surface area contributed by atoms with Crippen molar-refractivity contribution >= 4 is 17.5 Å². The second-order valence-corrected chi connectivity index (χ2v) is 8.72. The quantitative estimate of drug-likeness (QED) is 0.400. The van der Waals surface area contributed by atoms with Crippen molar-refractivity contribution < 1.29 is 14.3 Å². The Morgan fingerprint density at radius 2 is 2.00 bits per heavy atom. The summed E-state index contributed by atoms with van der Waals surface area (Å²) >= 11 is 0. The lowest BCUT2D eigenvalue weighted by Gasteiger charge is -2.15. The fraction of sp³-hybridized carbons (Fsp3) is 0.308. The van der Waals surface area contributed by atoms with Crippen molar-refractivity contribution in [2.45, 2.75) is 32.2 Å². The first-order valence-electron chi connectivity index (χ1n) is 11.8. The first kappa shape index (κ1) is 22.6. The molecule has 0 aliphatic heterocycles. The highest BCUT2D eigenvalue weighted by molar-refractivity contribution is 5.97. The lowest BCUT2D eigenvalue weighted by Crippen LogP contribution is -2.24. The Bertz CT molecular complexity index is 1350. The lowest BCUT2D eigenvalue weighted by molar-refractivity contribution is 0.0946. The van der Waals surface area contributed by atoms with Gasteiger partial charge < -0.3 is 20.5 Å². The van der Waals surface area contributed by atoms with Crippen LogP contribution in [0.5, 0.6) is 11.6 Å². The molecule has 3 N–H and O–H groups in total. The Kier molecular flexibility index (Phi) is 6.47. The molecule has 1 aliphatic carbocycles. The van der Waals surface area contributed by atoms with Crippen LogP contribution in [-0.2, 0) is 6.54 Å². The van der Waals surface area contributed by atoms with E-state index in [2.05, 4.69) is 20.4 Å². The van der Waals surface area contributed by atoms with Crippen molar-refractivity contribution in [1.82, 2.24) is 24.9 Å². The van der Waals surface area contributed by atoms with Crippen molar-refractivity contribution in [3.63, 3.8) is 0 Å². The van der Waals surface area contributed by atoms with Gasteiger partial charge in [0.1, 0.15) is 11.3 Å². The van der Waals surface area contributed by atoms with Gasteiger partial charge in [0.25, 0.3) is 5.91 Å². The monoisotopic (exact) mass is 472 g/mol. The van der Waals surface area contributed by atoms with E-state index in [1.807, 2.05) is 36.4 Å². The number of nitrogens with zero attached hydrogens (tertiary/aromatic N) is 4. The number of methoxy groups -OCH3 is 1. The smallest absolute Gasteiger partial charge is 0.257 e. The van der Waals surface area contributed by atoms with Crippen LogP contribution in [0.1, 0.15) is 41.6 Å². The number of benzene rings is 1. The summed E-state index contributed by atoms with van der Waals surface area (Å²) in [6.45, 7) is 1.05. The molecule has 9 heteroatoms. The van der Waals surface area contributed by atoms with E-state index in [4.69, 9.17) is 15.2 Å². The number of nitrogens with two attached hydrogens (primary N) is 1. The first-order valence-corrected chi connectivity index (χ1v) is 11.8. The summed E-state index contributed by atoms with van der Waals surface area (Å²) in [6.07, 6.45) is 8.43. The molecule has 0 radical (unpaired) electrons. The highest BCUT2D eigenvalue weighted by Gasteiger charge is 2.18. The van der Waals surface area contributed by atoms with E-state index in [1.165, 1.54) is 32.8 Å². The Morgan fingerprint density at radius 3 is 2.83 bits per heavy atom. The standard InChI is InChI=1S/C26H28N6O3/c1-34-25-21(12-20(15-29-25)18-10-11-32-23(13-18)30-26(27)31-32)24(33)28-14-19-8-4-5-9-22(19)35-16-17-6-2-3-7-17/h4-5,8-13,15,17H,2-3,6-7,14,16H2,1H3,(H2,27,31)(H,28,33). The highest BCUT2D eigenvalue weighted by Crippen LogP contribution is 2.28. The van der Waals surface area contributed by atoms with Crippen molar-refractivity contribution in [3.05, 3.63) is 66.0 Å². The third kappa shape index (κ3) is 5.03. The number of nitrogens with one attached hydrogen (secondary N) is 1. The minimum absolute atomic E-state index is 0.197. The number of para-hydroxylation sites is 1. The molecule has 1 amide bonds. The molecule has 0 atom stereocenters. The number of hydrogen-bond acceptors (Lipinski definition) is 7. The third-order valence-corrected chi connectivity index (χ3v) is 6.34. The van der Waals surface area contributed by atoms with Crippen molar-refractivity contribution in [2.24, 2.45) is 5.92 Å². The number of pyridine rings is 2. The van der Waals surface area contributed by atoms with E-state index in [0.717, 1.165) is 22.4 Å². The maximum absolute atomic E-state index is 13.2. The topological polar surface area (TPSA) is 117 Å². The summed E-state index contributed by atoms with van der Waals surface area (Å²) in [5.74, 6) is 1.59. The van der Waals surface area contributed by atoms with Crippen LogP contribution in [0.4, 0.5) is 5.95 Å². The second kappa shape index (κ2) is 10.0. The maximum atomic E-state index is 13.2. The molecule has 0 bridgehead atoms. The largest absolute Gasteiger partial charge is 0.493 e. The van der Waals surface area contributed by atoms with E-state index in [0.29, 0.717) is 30.3 Å². The zero-order valence-corrected chi connectivity index (χ0v) is 19.6. The summed E-state index contributed by atoms with van der Waals surface area (Å²) in [7, 11) is 1.50. The number of rotatable bonds is 8. The predicted octanol–water partition coefficient (Wildman–Crippen LogP) is 3.88. The van der Waals surface area contributed by atoms with Crippen LogP contribution < -0.4 is 20.5 Å². The summed E-state index contributed by atoms with van der Waals surface area (Å²) in [6, 6.07) is 13.3. The first-order chi connectivity index (χ1) is 17.1. The average molecular weight is 473 g/mol. The number of carbonyl (C=O) groups is 1. The van der Waals surface area contributed by atoms with E-state index in [-0.39, 0.29) is 17.7 Å². The average Bonchev–Trinajstić information content (AvgIpc) is 3.54. The van der Waals surface area contributed by atoms with E-state index >= 15 is 0 Å². The fourth-order valence-electron chi connectivity index (χ4n) is 4.46. The molecule has 9 nitrogen and oxygen atoms in total. The van der Waals surface area contributed by atoms with Gasteiger partial charge in [-0.2, -0.15) is 4.98 Å². The Balaban J connectivity index is 1.33. The summed E-state index contributed by atoms with van der Waals surface area (Å²) in [5, 5.41) is 7.08. The minimum Gasteiger partial charge on any atom is -0.493 e. The third-order valence-electron chi connectivity index (χ3n) is 6.34. The molecular weight excluding hydrogens is 444 g/mol. The van der Waals surface area contributed by atoms with Gasteiger partial charge in [-0.05, 0) is 48.6 Å². The number of carbonyl (C=O) groups excluding carboxylic acids is 1. The van der Waals surface area contributed by atoms with Gasteiger partial charge in [0.15, 0.2) is 5.65 Å². The molecule has 3 aromatic heterocycles. The molecule has 1 fully saturated rings. The van der Waals surface area contributed by atoms with Gasteiger partial charge in [-0.3, -0.25) is 4.79 Å². The van der Waals surface area contributed by atoms with Gasteiger partial charge in [0.05, 0.1) is 13.7 Å². The molecule has 1 saturated carbocycles. The number of fused-ring (bicyclic) bond motifs is 1. The van der Waals surface area contributed by atoms with Gasteiger partial charge in [0, 0.05) is 30.1 Å². The van der Waals surface area contributed by atoms with Gasteiger partial charge in [-0.15, -0.1) is 5.10 Å². The number of ether oxygens (including phenoxy) is 2. The summed E-state index contributed by atoms with van der Waals surface area (Å²) in [4.78, 5) is 21.7. The number of amides is 1. The molecule has 180 valence electrons. The van der Waals surface area contributed by atoms with Crippen LogP contribution in [0.3, 0.4) is 0 Å². The zero-order valence-electron chi connectivity index (χ0n) is 19.6. The maximum Gasteiger partial charge on any atom is 0.257 e. The lowest BCUT2D eigenvalue weighted by atomic mass is 10.1. The number of nitrogen functional groups attached to an aromatic ring is 1. The second-order valence-electron chi connectivity index (χ2n) is 8.72. The van der Waals surface area contributed by atoms with Crippen LogP contribution in [0, 0.1) is 5.92 Å². The fourth-order valence-corrected chi connectivity index (χ4v) is 4.46. The number of aromatic nitrogens is 4. The van der Waals surface area contributed by atoms with Gasteiger partial charge in [-0.1, -0.05) is 31.0 Å². The molecule has 1 aromatic carbocycles. The molecule has 3 heterocycles. The Hall–Kier alpha value is -4.14. The Morgan fingerprint density at radius 1 is 1.17 bits per heavy atom. The molecule has 5 rings (SSSR count). The summed E-state index contributed by atoms with van der Waals surface area (Å²) in [5.41, 5.74) is 9.15. The van der Waals surface area contributed by atoms with Crippen molar-refractivity contribution in [1.29, 1.82) is 0 Å². The normalized spacial score (nSPS) is 13.7. The molecular formula is C26H28N6O3. The molecule has 0 spiro atoms. The highest BCUT2D eigenvalue weighted by atomic mass is 16.5. The SMILES string of the molecule is COc1ncc(-c2ccn3nc(N)nc3c2)cc1C(=O)NCc1ccccc1OCC1CCCC1. The zero-order chi connectivity index (χ0) is 24.2. The van der Waals surface area contributed by atoms with E-state index in [1.54, 1.807) is 23.0 Å². The van der Waals surface area contributed by atoms with E-state index < -0.39 is 0 Å². The van der Waals surface area contributed by atoms with Crippen molar-refractivity contribution in [3.8, 4) is 22.8 Å². The van der Waals surface area contributed by atoms with Crippen LogP contribution >= 0.6 is 0 Å². The van der Waals surface area contributed by atoms with Gasteiger partial charge >= 0.3 is 0 Å². The molecule has 0 saturated heterocycles. The van der Waals surface area contributed by atoms with Crippen LogP contribution in [0.15, 0.2) is 54.9 Å². The Labute approximate surface area is 203 Å². The van der Waals surface area contributed by atoms with Crippen molar-refractivity contribution in [2.75, 3.05) is 19.5 Å². The predicted molar refractivity (Wildman–Crippen MR) is 132 cm³/mol. The molecule has 0 unspecified atom stereocenters. The van der Waals surface area contributed by atoms with E-state index in [9.17, 15) is 4.79 Å². The van der Waals surface area contributed by atoms with Gasteiger partial charge in [0.2, 0.25) is 11.8 Å². The van der Waals surface area contributed by atoms with Crippen LogP contribution in [0.25, 0.3) is 16.8 Å². The number of anilines is 1. The van der Waals surface area contributed by atoms with Crippen LogP contribution in [0.2, 0.25) is 0 Å². The van der Waals surface area contributed by atoms with Gasteiger partial charge in [-0.25, -0.2) is 9.50 Å². The summed E-state index contributed by atoms with van der Waals surface area (Å²) < 4.78 is 13.1. The van der Waals surface area contributed by atoms with Crippen LogP contribution in [-0.4, -0.2) is 39.2 Å². The number of hydrogen-bond donors (Lipinski definition) is 2. The minimum atomic E-state index is -0.283.